The predicted octanol–water partition coefficient (Wildman–Crippen LogP) is 12.0. The van der Waals surface area contributed by atoms with Gasteiger partial charge in [0.2, 0.25) is 11.5 Å². The number of phenolic OH excluding ortho intramolecular Hbond substituents is 1. The lowest BCUT2D eigenvalue weighted by molar-refractivity contribution is 0.141. The fraction of sp³-hybridized carbons (Fsp3) is 0.811. The van der Waals surface area contributed by atoms with Gasteiger partial charge < -0.3 is 24.4 Å². The highest BCUT2D eigenvalue weighted by Crippen LogP contribution is 2.50. The topological polar surface area (TPSA) is 85.2 Å². The Morgan fingerprint density at radius 3 is 1.26 bits per heavy atom. The summed E-state index contributed by atoms with van der Waals surface area (Å²) in [4.78, 5) is 11.8. The standard InChI is InChI=1S/C37H66O6/c1-5-9-13-15-17-19-21-23-27-31-32(28-24-22-20-18-16-14-10-6-2)35(41-29-25-11-7-3)36(42-30-26-12-8-4)33(38)34(31)43-37(39)40/h38H,5-30H2,1-4H3,(H,39,40). The molecule has 0 spiro atoms. The van der Waals surface area contributed by atoms with Gasteiger partial charge >= 0.3 is 6.16 Å². The monoisotopic (exact) mass is 606 g/mol. The van der Waals surface area contributed by atoms with Gasteiger partial charge in [0.1, 0.15) is 0 Å². The number of phenols is 1. The number of hydrogen-bond acceptors (Lipinski definition) is 5. The third-order valence-electron chi connectivity index (χ3n) is 8.29. The molecule has 0 aliphatic heterocycles. The van der Waals surface area contributed by atoms with Gasteiger partial charge in [0.15, 0.2) is 11.5 Å². The summed E-state index contributed by atoms with van der Waals surface area (Å²) in [6, 6.07) is 0. The van der Waals surface area contributed by atoms with Crippen LogP contribution < -0.4 is 14.2 Å². The van der Waals surface area contributed by atoms with Gasteiger partial charge in [-0.05, 0) is 38.5 Å². The van der Waals surface area contributed by atoms with E-state index >= 15 is 0 Å². The summed E-state index contributed by atoms with van der Waals surface area (Å²) >= 11 is 0. The van der Waals surface area contributed by atoms with Crippen molar-refractivity contribution in [3.8, 4) is 23.0 Å². The summed E-state index contributed by atoms with van der Waals surface area (Å²) in [6.45, 7) is 9.77. The van der Waals surface area contributed by atoms with Crippen molar-refractivity contribution in [2.24, 2.45) is 0 Å². The number of carboxylic acid groups (broad SMARTS) is 1. The number of aromatic hydroxyl groups is 1. The Morgan fingerprint density at radius 1 is 0.488 bits per heavy atom. The Balaban J connectivity index is 3.29. The van der Waals surface area contributed by atoms with Gasteiger partial charge in [-0.1, -0.05) is 143 Å². The Labute approximate surface area is 264 Å². The maximum atomic E-state index is 11.8. The SMILES string of the molecule is CCCCCCCCCCc1c(CCCCCCCCCC)c(OCCCCC)c(OCCCCC)c(O)c1OC(=O)O. The Bertz CT molecular complexity index is 837. The molecule has 43 heavy (non-hydrogen) atoms. The summed E-state index contributed by atoms with van der Waals surface area (Å²) in [5, 5.41) is 21.1. The van der Waals surface area contributed by atoms with Crippen LogP contribution in [-0.2, 0) is 12.8 Å². The molecule has 0 radical (unpaired) electrons. The van der Waals surface area contributed by atoms with Crippen molar-refractivity contribution in [2.45, 2.75) is 182 Å². The fourth-order valence-electron chi connectivity index (χ4n) is 5.70. The first kappa shape index (κ1) is 38.9. The highest BCUT2D eigenvalue weighted by atomic mass is 16.7. The largest absolute Gasteiger partial charge is 0.511 e. The molecule has 0 amide bonds. The second kappa shape index (κ2) is 26.3. The second-order valence-corrected chi connectivity index (χ2v) is 12.2. The predicted molar refractivity (Wildman–Crippen MR) is 179 cm³/mol. The molecule has 0 saturated heterocycles. The van der Waals surface area contributed by atoms with Gasteiger partial charge in [-0.15, -0.1) is 0 Å². The van der Waals surface area contributed by atoms with Crippen molar-refractivity contribution in [1.29, 1.82) is 0 Å². The molecule has 0 aromatic heterocycles. The van der Waals surface area contributed by atoms with E-state index < -0.39 is 6.16 Å². The van der Waals surface area contributed by atoms with Crippen molar-refractivity contribution in [3.63, 3.8) is 0 Å². The minimum absolute atomic E-state index is 0.0383. The number of hydrogen-bond donors (Lipinski definition) is 2. The molecular formula is C37H66O6. The molecule has 1 aromatic rings. The molecule has 6 heteroatoms. The van der Waals surface area contributed by atoms with Crippen LogP contribution in [0.4, 0.5) is 4.79 Å². The fourth-order valence-corrected chi connectivity index (χ4v) is 5.70. The Morgan fingerprint density at radius 2 is 0.837 bits per heavy atom. The molecule has 2 N–H and O–H groups in total. The van der Waals surface area contributed by atoms with Gasteiger partial charge in [0, 0.05) is 11.1 Å². The van der Waals surface area contributed by atoms with Crippen molar-refractivity contribution < 1.29 is 29.2 Å². The zero-order valence-electron chi connectivity index (χ0n) is 28.4. The molecule has 0 atom stereocenters. The van der Waals surface area contributed by atoms with Gasteiger partial charge in [-0.3, -0.25) is 0 Å². The van der Waals surface area contributed by atoms with E-state index in [-0.39, 0.29) is 17.2 Å². The van der Waals surface area contributed by atoms with E-state index in [9.17, 15) is 15.0 Å². The van der Waals surface area contributed by atoms with Crippen molar-refractivity contribution in [1.82, 2.24) is 0 Å². The molecule has 6 nitrogen and oxygen atoms in total. The highest BCUT2D eigenvalue weighted by molar-refractivity contribution is 5.71. The van der Waals surface area contributed by atoms with Gasteiger partial charge in [-0.25, -0.2) is 4.79 Å². The molecule has 0 fully saturated rings. The van der Waals surface area contributed by atoms with Crippen molar-refractivity contribution >= 4 is 6.16 Å². The summed E-state index contributed by atoms with van der Waals surface area (Å²) in [5.41, 5.74) is 1.74. The third kappa shape index (κ3) is 17.1. The van der Waals surface area contributed by atoms with E-state index in [1.807, 2.05) is 0 Å². The average molecular weight is 607 g/mol. The van der Waals surface area contributed by atoms with Crippen LogP contribution in [0.5, 0.6) is 23.0 Å². The van der Waals surface area contributed by atoms with Gasteiger partial charge in [0.05, 0.1) is 13.2 Å². The van der Waals surface area contributed by atoms with Crippen LogP contribution >= 0.6 is 0 Å². The number of carbonyl (C=O) groups is 1. The number of rotatable bonds is 29. The molecule has 1 aromatic carbocycles. The molecule has 250 valence electrons. The molecule has 0 unspecified atom stereocenters. The van der Waals surface area contributed by atoms with E-state index in [4.69, 9.17) is 14.2 Å². The zero-order chi connectivity index (χ0) is 31.5. The Kier molecular flexibility index (Phi) is 23.8. The lowest BCUT2D eigenvalue weighted by atomic mass is 9.93. The van der Waals surface area contributed by atoms with Crippen LogP contribution in [0.25, 0.3) is 0 Å². The number of unbranched alkanes of at least 4 members (excludes halogenated alkanes) is 18. The first-order valence-corrected chi connectivity index (χ1v) is 18.1. The maximum Gasteiger partial charge on any atom is 0.511 e. The van der Waals surface area contributed by atoms with Crippen LogP contribution in [0, 0.1) is 0 Å². The molecule has 0 heterocycles. The zero-order valence-corrected chi connectivity index (χ0v) is 28.4. The van der Waals surface area contributed by atoms with E-state index in [1.54, 1.807) is 0 Å². The molecule has 0 aliphatic carbocycles. The van der Waals surface area contributed by atoms with E-state index in [0.29, 0.717) is 25.4 Å². The summed E-state index contributed by atoms with van der Waals surface area (Å²) in [5.74, 6) is 0.647. The van der Waals surface area contributed by atoms with Crippen LogP contribution in [0.3, 0.4) is 0 Å². The molecule has 0 bridgehead atoms. The van der Waals surface area contributed by atoms with E-state index in [0.717, 1.165) is 88.2 Å². The second-order valence-electron chi connectivity index (χ2n) is 12.2. The average Bonchev–Trinajstić information content (AvgIpc) is 2.99. The summed E-state index contributed by atoms with van der Waals surface area (Å²) < 4.78 is 17.9. The van der Waals surface area contributed by atoms with Crippen LogP contribution in [0.15, 0.2) is 0 Å². The normalized spacial score (nSPS) is 11.2. The molecule has 1 rings (SSSR count). The quantitative estimate of drug-likeness (QED) is 0.0536. The molecular weight excluding hydrogens is 540 g/mol. The minimum atomic E-state index is -1.42. The third-order valence-corrected chi connectivity index (χ3v) is 8.29. The smallest absolute Gasteiger partial charge is 0.502 e. The first-order valence-electron chi connectivity index (χ1n) is 18.1. The van der Waals surface area contributed by atoms with Gasteiger partial charge in [0.25, 0.3) is 0 Å². The molecule has 0 aliphatic rings. The van der Waals surface area contributed by atoms with Gasteiger partial charge in [-0.2, -0.15) is 0 Å². The van der Waals surface area contributed by atoms with Crippen LogP contribution in [-0.4, -0.2) is 29.6 Å². The first-order chi connectivity index (χ1) is 21.0. The lowest BCUT2D eigenvalue weighted by Gasteiger charge is -2.23. The van der Waals surface area contributed by atoms with E-state index in [2.05, 4.69) is 27.7 Å². The van der Waals surface area contributed by atoms with E-state index in [1.165, 1.54) is 70.6 Å². The highest BCUT2D eigenvalue weighted by Gasteiger charge is 2.28. The number of ether oxygens (including phenoxy) is 3. The summed E-state index contributed by atoms with van der Waals surface area (Å²) in [7, 11) is 0. The van der Waals surface area contributed by atoms with Crippen LogP contribution in [0.2, 0.25) is 0 Å². The minimum Gasteiger partial charge on any atom is -0.502 e. The molecule has 0 saturated carbocycles. The lowest BCUT2D eigenvalue weighted by Crippen LogP contribution is -2.12. The Hall–Kier alpha value is -2.11. The van der Waals surface area contributed by atoms with Crippen molar-refractivity contribution in [2.75, 3.05) is 13.2 Å². The van der Waals surface area contributed by atoms with Crippen molar-refractivity contribution in [3.05, 3.63) is 11.1 Å². The summed E-state index contributed by atoms with van der Waals surface area (Å²) in [6.07, 6.45) is 25.2. The number of benzene rings is 1. The maximum absolute atomic E-state index is 11.8. The van der Waals surface area contributed by atoms with Crippen LogP contribution in [0.1, 0.15) is 180 Å².